The lowest BCUT2D eigenvalue weighted by molar-refractivity contribution is 1.07. The van der Waals surface area contributed by atoms with Gasteiger partial charge in [-0.25, -0.2) is 0 Å². The van der Waals surface area contributed by atoms with Crippen LogP contribution in [0.25, 0.3) is 0 Å². The maximum atomic E-state index is 5.54. The SMILES string of the molecule is CNc1cc(CN)cc(NC)c1. The van der Waals surface area contributed by atoms with Crippen molar-refractivity contribution in [2.75, 3.05) is 24.7 Å². The number of anilines is 2. The third-order valence-corrected chi connectivity index (χ3v) is 1.81. The molecule has 0 unspecified atom stereocenters. The summed E-state index contributed by atoms with van der Waals surface area (Å²) in [7, 11) is 3.80. The lowest BCUT2D eigenvalue weighted by atomic mass is 10.1. The maximum absolute atomic E-state index is 5.54. The van der Waals surface area contributed by atoms with Crippen LogP contribution in [0.15, 0.2) is 18.2 Å². The predicted molar refractivity (Wildman–Crippen MR) is 53.4 cm³/mol. The predicted octanol–water partition coefficient (Wildman–Crippen LogP) is 1.23. The normalized spacial score (nSPS) is 9.58. The minimum Gasteiger partial charge on any atom is -0.388 e. The largest absolute Gasteiger partial charge is 0.388 e. The quantitative estimate of drug-likeness (QED) is 0.631. The Hall–Kier alpha value is -1.22. The van der Waals surface area contributed by atoms with E-state index in [1.165, 1.54) is 0 Å². The van der Waals surface area contributed by atoms with E-state index in [0.717, 1.165) is 16.9 Å². The van der Waals surface area contributed by atoms with Crippen molar-refractivity contribution in [3.05, 3.63) is 23.8 Å². The molecular weight excluding hydrogens is 150 g/mol. The fraction of sp³-hybridized carbons (Fsp3) is 0.333. The Kier molecular flexibility index (Phi) is 2.94. The van der Waals surface area contributed by atoms with Crippen LogP contribution in [0.1, 0.15) is 5.56 Å². The lowest BCUT2D eigenvalue weighted by Crippen LogP contribution is -2.00. The van der Waals surface area contributed by atoms with Crippen molar-refractivity contribution in [3.8, 4) is 0 Å². The van der Waals surface area contributed by atoms with E-state index in [2.05, 4.69) is 10.6 Å². The van der Waals surface area contributed by atoms with Gasteiger partial charge in [-0.2, -0.15) is 0 Å². The van der Waals surface area contributed by atoms with Crippen molar-refractivity contribution < 1.29 is 0 Å². The van der Waals surface area contributed by atoms with E-state index < -0.39 is 0 Å². The molecule has 0 amide bonds. The maximum Gasteiger partial charge on any atom is 0.0361 e. The first-order valence-corrected chi connectivity index (χ1v) is 3.99. The molecule has 0 saturated carbocycles. The summed E-state index contributed by atoms with van der Waals surface area (Å²) in [5, 5.41) is 6.16. The highest BCUT2D eigenvalue weighted by atomic mass is 14.8. The molecule has 0 aliphatic heterocycles. The molecule has 1 aromatic carbocycles. The average molecular weight is 165 g/mol. The Morgan fingerprint density at radius 1 is 1.08 bits per heavy atom. The third-order valence-electron chi connectivity index (χ3n) is 1.81. The monoisotopic (exact) mass is 165 g/mol. The van der Waals surface area contributed by atoms with Gasteiger partial charge >= 0.3 is 0 Å². The molecule has 3 nitrogen and oxygen atoms in total. The molecule has 0 heterocycles. The van der Waals surface area contributed by atoms with Crippen LogP contribution in [0.2, 0.25) is 0 Å². The molecule has 0 spiro atoms. The van der Waals surface area contributed by atoms with Gasteiger partial charge in [0, 0.05) is 32.0 Å². The van der Waals surface area contributed by atoms with Gasteiger partial charge in [-0.05, 0) is 23.8 Å². The van der Waals surface area contributed by atoms with E-state index in [1.807, 2.05) is 32.3 Å². The smallest absolute Gasteiger partial charge is 0.0361 e. The van der Waals surface area contributed by atoms with E-state index >= 15 is 0 Å². The first-order valence-electron chi connectivity index (χ1n) is 3.99. The van der Waals surface area contributed by atoms with Gasteiger partial charge in [0.1, 0.15) is 0 Å². The highest BCUT2D eigenvalue weighted by Crippen LogP contribution is 2.17. The van der Waals surface area contributed by atoms with Crippen LogP contribution in [-0.2, 0) is 6.54 Å². The minimum absolute atomic E-state index is 0.574. The minimum atomic E-state index is 0.574. The Balaban J connectivity index is 3.01. The van der Waals surface area contributed by atoms with Crippen molar-refractivity contribution in [2.24, 2.45) is 5.73 Å². The number of hydrogen-bond acceptors (Lipinski definition) is 3. The molecule has 0 aliphatic rings. The zero-order chi connectivity index (χ0) is 8.97. The molecule has 0 bridgehead atoms. The molecule has 66 valence electrons. The van der Waals surface area contributed by atoms with Gasteiger partial charge in [0.2, 0.25) is 0 Å². The fourth-order valence-electron chi connectivity index (χ4n) is 1.10. The zero-order valence-corrected chi connectivity index (χ0v) is 7.52. The average Bonchev–Trinajstić information content (AvgIpc) is 2.16. The first kappa shape index (κ1) is 8.87. The number of hydrogen-bond donors (Lipinski definition) is 3. The summed E-state index contributed by atoms with van der Waals surface area (Å²) in [6, 6.07) is 6.13. The van der Waals surface area contributed by atoms with Crippen molar-refractivity contribution >= 4 is 11.4 Å². The topological polar surface area (TPSA) is 50.1 Å². The van der Waals surface area contributed by atoms with Gasteiger partial charge in [0.15, 0.2) is 0 Å². The van der Waals surface area contributed by atoms with Crippen LogP contribution < -0.4 is 16.4 Å². The van der Waals surface area contributed by atoms with Gasteiger partial charge in [0.25, 0.3) is 0 Å². The summed E-state index contributed by atoms with van der Waals surface area (Å²) in [5.41, 5.74) is 8.84. The second-order valence-corrected chi connectivity index (χ2v) is 2.62. The van der Waals surface area contributed by atoms with Crippen LogP contribution in [0.5, 0.6) is 0 Å². The highest BCUT2D eigenvalue weighted by molar-refractivity contribution is 5.58. The Bertz CT molecular complexity index is 203. The van der Waals surface area contributed by atoms with Crippen LogP contribution in [0.3, 0.4) is 0 Å². The molecule has 12 heavy (non-hydrogen) atoms. The number of benzene rings is 1. The standard InChI is InChI=1S/C9H15N3/c1-11-8-3-7(6-10)4-9(5-8)12-2/h3-5,11-12H,6,10H2,1-2H3. The Morgan fingerprint density at radius 3 is 1.92 bits per heavy atom. The van der Waals surface area contributed by atoms with Crippen LogP contribution in [0.4, 0.5) is 11.4 Å². The van der Waals surface area contributed by atoms with Crippen molar-refractivity contribution in [2.45, 2.75) is 6.54 Å². The molecule has 4 N–H and O–H groups in total. The third kappa shape index (κ3) is 1.89. The molecular formula is C9H15N3. The Morgan fingerprint density at radius 2 is 1.58 bits per heavy atom. The van der Waals surface area contributed by atoms with Gasteiger partial charge in [-0.15, -0.1) is 0 Å². The molecule has 0 fully saturated rings. The Labute approximate surface area is 73.0 Å². The lowest BCUT2D eigenvalue weighted by Gasteiger charge is -2.07. The van der Waals surface area contributed by atoms with Crippen LogP contribution in [-0.4, -0.2) is 14.1 Å². The van der Waals surface area contributed by atoms with E-state index in [1.54, 1.807) is 0 Å². The zero-order valence-electron chi connectivity index (χ0n) is 7.52. The fourth-order valence-corrected chi connectivity index (χ4v) is 1.10. The van der Waals surface area contributed by atoms with Gasteiger partial charge < -0.3 is 16.4 Å². The van der Waals surface area contributed by atoms with Crippen molar-refractivity contribution in [3.63, 3.8) is 0 Å². The summed E-state index contributed by atoms with van der Waals surface area (Å²) in [6.07, 6.45) is 0. The second kappa shape index (κ2) is 3.97. The van der Waals surface area contributed by atoms with Gasteiger partial charge in [-0.1, -0.05) is 0 Å². The first-order chi connectivity index (χ1) is 5.80. The summed E-state index contributed by atoms with van der Waals surface area (Å²) >= 11 is 0. The second-order valence-electron chi connectivity index (χ2n) is 2.62. The van der Waals surface area contributed by atoms with Gasteiger partial charge in [0.05, 0.1) is 0 Å². The van der Waals surface area contributed by atoms with Crippen LogP contribution in [0, 0.1) is 0 Å². The molecule has 1 rings (SSSR count). The highest BCUT2D eigenvalue weighted by Gasteiger charge is 1.96. The van der Waals surface area contributed by atoms with Gasteiger partial charge in [-0.3, -0.25) is 0 Å². The molecule has 0 saturated heterocycles. The summed E-state index contributed by atoms with van der Waals surface area (Å²) in [6.45, 7) is 0.574. The van der Waals surface area contributed by atoms with Crippen molar-refractivity contribution in [1.29, 1.82) is 0 Å². The summed E-state index contributed by atoms with van der Waals surface area (Å²) < 4.78 is 0. The summed E-state index contributed by atoms with van der Waals surface area (Å²) in [5.74, 6) is 0. The number of rotatable bonds is 3. The molecule has 1 aromatic rings. The number of nitrogens with one attached hydrogen (secondary N) is 2. The van der Waals surface area contributed by atoms with E-state index in [0.29, 0.717) is 6.54 Å². The van der Waals surface area contributed by atoms with Crippen molar-refractivity contribution in [1.82, 2.24) is 0 Å². The molecule has 0 aromatic heterocycles. The molecule has 0 radical (unpaired) electrons. The molecule has 0 aliphatic carbocycles. The van der Waals surface area contributed by atoms with E-state index in [-0.39, 0.29) is 0 Å². The summed E-state index contributed by atoms with van der Waals surface area (Å²) in [4.78, 5) is 0. The molecule has 3 heteroatoms. The number of nitrogens with two attached hydrogens (primary N) is 1. The van der Waals surface area contributed by atoms with E-state index in [9.17, 15) is 0 Å². The molecule has 0 atom stereocenters. The van der Waals surface area contributed by atoms with Crippen LogP contribution >= 0.6 is 0 Å². The van der Waals surface area contributed by atoms with E-state index in [4.69, 9.17) is 5.73 Å².